The van der Waals surface area contributed by atoms with E-state index < -0.39 is 0 Å². The largest absolute Gasteiger partial charge is 0.411 e. The smallest absolute Gasteiger partial charge is 0.0795 e. The van der Waals surface area contributed by atoms with Crippen molar-refractivity contribution in [3.05, 3.63) is 11.6 Å². The maximum atomic E-state index is 8.96. The maximum Gasteiger partial charge on any atom is 0.0795 e. The third-order valence-corrected chi connectivity index (χ3v) is 4.61. The first-order valence-corrected chi connectivity index (χ1v) is 7.93. The Balaban J connectivity index is 2.04. The Morgan fingerprint density at radius 3 is 2.58 bits per heavy atom. The number of hydrogen-bond acceptors (Lipinski definition) is 3. The van der Waals surface area contributed by atoms with Crippen LogP contribution in [0.2, 0.25) is 0 Å². The number of nitrogens with zero attached hydrogens (tertiary/aromatic N) is 2. The van der Waals surface area contributed by atoms with Crippen LogP contribution in [0.1, 0.15) is 58.8 Å². The van der Waals surface area contributed by atoms with Crippen molar-refractivity contribution in [3.8, 4) is 0 Å². The van der Waals surface area contributed by atoms with Crippen LogP contribution in [0, 0.1) is 5.92 Å². The van der Waals surface area contributed by atoms with Gasteiger partial charge >= 0.3 is 0 Å². The lowest BCUT2D eigenvalue weighted by atomic mass is 9.75. The highest BCUT2D eigenvalue weighted by molar-refractivity contribution is 5.96. The fourth-order valence-corrected chi connectivity index (χ4v) is 3.68. The normalized spacial score (nSPS) is 29.4. The van der Waals surface area contributed by atoms with Gasteiger partial charge in [-0.2, -0.15) is 0 Å². The summed E-state index contributed by atoms with van der Waals surface area (Å²) in [6.07, 6.45) is 10.6. The van der Waals surface area contributed by atoms with Crippen molar-refractivity contribution in [3.63, 3.8) is 0 Å². The van der Waals surface area contributed by atoms with E-state index in [-0.39, 0.29) is 0 Å². The summed E-state index contributed by atoms with van der Waals surface area (Å²) in [4.78, 5) is 2.67. The summed E-state index contributed by atoms with van der Waals surface area (Å²) < 4.78 is 0. The van der Waals surface area contributed by atoms with Gasteiger partial charge in [-0.3, -0.25) is 0 Å². The number of allylic oxidation sites excluding steroid dienone is 1. The third-order valence-electron chi connectivity index (χ3n) is 4.61. The highest BCUT2D eigenvalue weighted by Gasteiger charge is 2.30. The summed E-state index contributed by atoms with van der Waals surface area (Å²) in [6.45, 7) is 6.98. The molecule has 0 saturated heterocycles. The summed E-state index contributed by atoms with van der Waals surface area (Å²) in [5.41, 5.74) is 2.41. The van der Waals surface area contributed by atoms with Crippen molar-refractivity contribution in [2.75, 3.05) is 13.1 Å². The highest BCUT2D eigenvalue weighted by Crippen LogP contribution is 2.37. The predicted octanol–water partition coefficient (Wildman–Crippen LogP) is 3.83. The van der Waals surface area contributed by atoms with Crippen molar-refractivity contribution in [1.29, 1.82) is 0 Å². The van der Waals surface area contributed by atoms with Gasteiger partial charge in [0.2, 0.25) is 0 Å². The molecule has 0 aromatic carbocycles. The first-order valence-electron chi connectivity index (χ1n) is 7.93. The minimum Gasteiger partial charge on any atom is -0.411 e. The molecule has 3 nitrogen and oxygen atoms in total. The maximum absolute atomic E-state index is 8.96. The van der Waals surface area contributed by atoms with Crippen LogP contribution in [0.3, 0.4) is 0 Å². The third kappa shape index (κ3) is 3.59. The molecule has 1 saturated carbocycles. The van der Waals surface area contributed by atoms with E-state index in [1.807, 2.05) is 0 Å². The average Bonchev–Trinajstić information content (AvgIpc) is 2.46. The van der Waals surface area contributed by atoms with Gasteiger partial charge in [-0.1, -0.05) is 24.6 Å². The summed E-state index contributed by atoms with van der Waals surface area (Å²) in [7, 11) is 0. The topological polar surface area (TPSA) is 35.8 Å². The molecule has 0 heterocycles. The number of rotatable bonds is 5. The molecule has 0 aromatic heterocycles. The molecule has 0 bridgehead atoms. The molecule has 2 aliphatic rings. The van der Waals surface area contributed by atoms with Crippen molar-refractivity contribution < 1.29 is 5.21 Å². The van der Waals surface area contributed by atoms with Crippen LogP contribution in [0.5, 0.6) is 0 Å². The minimum atomic E-state index is 0.709. The van der Waals surface area contributed by atoms with Gasteiger partial charge < -0.3 is 10.1 Å². The Hall–Kier alpha value is -0.830. The number of oxime groups is 1. The SMILES string of the molecule is CCCN(CCC)[C@@H]1CC[C@H]2CC/C(=N\O)C=C2C1. The van der Waals surface area contributed by atoms with E-state index in [0.717, 1.165) is 18.1 Å². The van der Waals surface area contributed by atoms with Crippen molar-refractivity contribution in [2.45, 2.75) is 64.8 Å². The molecular formula is C16H28N2O. The van der Waals surface area contributed by atoms with Gasteiger partial charge in [0, 0.05) is 6.04 Å². The average molecular weight is 264 g/mol. The Morgan fingerprint density at radius 1 is 1.21 bits per heavy atom. The molecule has 1 fully saturated rings. The van der Waals surface area contributed by atoms with Crippen LogP contribution >= 0.6 is 0 Å². The second-order valence-electron chi connectivity index (χ2n) is 6.02. The Labute approximate surface area is 117 Å². The molecule has 108 valence electrons. The molecule has 0 aromatic rings. The molecule has 0 radical (unpaired) electrons. The fraction of sp³-hybridized carbons (Fsp3) is 0.812. The van der Waals surface area contributed by atoms with Gasteiger partial charge in [0.15, 0.2) is 0 Å². The predicted molar refractivity (Wildman–Crippen MR) is 79.8 cm³/mol. The molecule has 19 heavy (non-hydrogen) atoms. The van der Waals surface area contributed by atoms with Gasteiger partial charge in [-0.05, 0) is 70.0 Å². The van der Waals surface area contributed by atoms with E-state index in [1.54, 1.807) is 0 Å². The summed E-state index contributed by atoms with van der Waals surface area (Å²) in [5.74, 6) is 0.756. The van der Waals surface area contributed by atoms with Crippen molar-refractivity contribution >= 4 is 5.71 Å². The Morgan fingerprint density at radius 2 is 1.95 bits per heavy atom. The van der Waals surface area contributed by atoms with Gasteiger partial charge in [0.1, 0.15) is 0 Å². The molecule has 1 N–H and O–H groups in total. The first-order chi connectivity index (χ1) is 9.28. The van der Waals surface area contributed by atoms with Crippen LogP contribution in [-0.4, -0.2) is 35.0 Å². The second-order valence-corrected chi connectivity index (χ2v) is 6.02. The lowest BCUT2D eigenvalue weighted by Gasteiger charge is -2.39. The fourth-order valence-electron chi connectivity index (χ4n) is 3.68. The lowest BCUT2D eigenvalue weighted by molar-refractivity contribution is 0.158. The monoisotopic (exact) mass is 264 g/mol. The second kappa shape index (κ2) is 7.09. The Kier molecular flexibility index (Phi) is 5.44. The van der Waals surface area contributed by atoms with E-state index in [0.29, 0.717) is 6.04 Å². The van der Waals surface area contributed by atoms with Gasteiger partial charge in [0.05, 0.1) is 5.71 Å². The molecule has 2 atom stereocenters. The van der Waals surface area contributed by atoms with Crippen LogP contribution < -0.4 is 0 Å². The molecule has 0 unspecified atom stereocenters. The van der Waals surface area contributed by atoms with E-state index >= 15 is 0 Å². The molecule has 2 rings (SSSR count). The van der Waals surface area contributed by atoms with Crippen LogP contribution in [0.25, 0.3) is 0 Å². The Bertz CT molecular complexity index is 343. The molecule has 3 heteroatoms. The molecule has 2 aliphatic carbocycles. The van der Waals surface area contributed by atoms with Gasteiger partial charge in [0.25, 0.3) is 0 Å². The van der Waals surface area contributed by atoms with Crippen molar-refractivity contribution in [2.24, 2.45) is 11.1 Å². The zero-order valence-electron chi connectivity index (χ0n) is 12.4. The van der Waals surface area contributed by atoms with Crippen LogP contribution in [0.15, 0.2) is 16.8 Å². The molecule has 0 amide bonds. The van der Waals surface area contributed by atoms with Gasteiger partial charge in [-0.15, -0.1) is 0 Å². The van der Waals surface area contributed by atoms with Crippen molar-refractivity contribution in [1.82, 2.24) is 4.90 Å². The minimum absolute atomic E-state index is 0.709. The van der Waals surface area contributed by atoms with E-state index in [9.17, 15) is 0 Å². The van der Waals surface area contributed by atoms with E-state index in [1.165, 1.54) is 57.2 Å². The summed E-state index contributed by atoms with van der Waals surface area (Å²) in [5, 5.41) is 12.4. The zero-order chi connectivity index (χ0) is 13.7. The highest BCUT2D eigenvalue weighted by atomic mass is 16.4. The standard InChI is InChI=1S/C16H28N2O/c1-3-9-18(10-4-2)16-8-6-13-5-7-15(17-19)11-14(13)12-16/h11,13,16,19H,3-10,12H2,1-2H3/b17-15+/t13-,16-/m1/s1. The summed E-state index contributed by atoms with van der Waals surface area (Å²) in [6, 6.07) is 0.709. The quantitative estimate of drug-likeness (QED) is 0.605. The van der Waals surface area contributed by atoms with Gasteiger partial charge in [-0.25, -0.2) is 0 Å². The number of fused-ring (bicyclic) bond motifs is 1. The molecular weight excluding hydrogens is 236 g/mol. The van der Waals surface area contributed by atoms with Crippen LogP contribution in [0.4, 0.5) is 0 Å². The van der Waals surface area contributed by atoms with E-state index in [4.69, 9.17) is 5.21 Å². The lowest BCUT2D eigenvalue weighted by Crippen LogP contribution is -2.40. The van der Waals surface area contributed by atoms with Crippen LogP contribution in [-0.2, 0) is 0 Å². The summed E-state index contributed by atoms with van der Waals surface area (Å²) >= 11 is 0. The first kappa shape index (κ1) is 14.6. The van der Waals surface area contributed by atoms with E-state index in [2.05, 4.69) is 30.0 Å². The zero-order valence-corrected chi connectivity index (χ0v) is 12.4. The molecule has 0 spiro atoms. The number of hydrogen-bond donors (Lipinski definition) is 1. The molecule has 0 aliphatic heterocycles.